The van der Waals surface area contributed by atoms with Gasteiger partial charge in [0.15, 0.2) is 5.82 Å². The number of nitrogens with zero attached hydrogens (tertiary/aromatic N) is 3. The van der Waals surface area contributed by atoms with Gasteiger partial charge < -0.3 is 9.88 Å². The fourth-order valence-electron chi connectivity index (χ4n) is 2.92. The molecule has 1 N–H and O–H groups in total. The van der Waals surface area contributed by atoms with E-state index in [0.717, 1.165) is 19.4 Å². The summed E-state index contributed by atoms with van der Waals surface area (Å²) in [6.45, 7) is 5.37. The third-order valence-corrected chi connectivity index (χ3v) is 4.39. The van der Waals surface area contributed by atoms with Crippen LogP contribution < -0.4 is 10.9 Å². The molecule has 20 heavy (non-hydrogen) atoms. The van der Waals surface area contributed by atoms with Crippen LogP contribution >= 0.6 is 0 Å². The third-order valence-electron chi connectivity index (χ3n) is 4.39. The van der Waals surface area contributed by atoms with Crippen molar-refractivity contribution in [1.29, 1.82) is 0 Å². The minimum absolute atomic E-state index is 0.0286. The second-order valence-corrected chi connectivity index (χ2v) is 6.05. The van der Waals surface area contributed by atoms with Gasteiger partial charge >= 0.3 is 0 Å². The summed E-state index contributed by atoms with van der Waals surface area (Å²) in [6, 6.07) is 0.858. The molecule has 1 saturated carbocycles. The van der Waals surface area contributed by atoms with Gasteiger partial charge in [-0.3, -0.25) is 9.69 Å². The van der Waals surface area contributed by atoms with E-state index in [2.05, 4.69) is 22.1 Å². The van der Waals surface area contributed by atoms with Crippen molar-refractivity contribution in [2.45, 2.75) is 51.1 Å². The van der Waals surface area contributed by atoms with Gasteiger partial charge in [0.25, 0.3) is 5.56 Å². The van der Waals surface area contributed by atoms with Crippen molar-refractivity contribution in [1.82, 2.24) is 14.5 Å². The first-order valence-corrected chi connectivity index (χ1v) is 7.81. The van der Waals surface area contributed by atoms with Gasteiger partial charge in [-0.2, -0.15) is 0 Å². The number of piperidine rings is 1. The number of hydrogen-bond donors (Lipinski definition) is 1. The molecular weight excluding hydrogens is 252 g/mol. The van der Waals surface area contributed by atoms with E-state index in [9.17, 15) is 4.79 Å². The summed E-state index contributed by atoms with van der Waals surface area (Å²) >= 11 is 0. The first kappa shape index (κ1) is 13.6. The van der Waals surface area contributed by atoms with E-state index >= 15 is 0 Å². The lowest BCUT2D eigenvalue weighted by Gasteiger charge is -2.32. The maximum Gasteiger partial charge on any atom is 0.293 e. The van der Waals surface area contributed by atoms with E-state index in [4.69, 9.17) is 0 Å². The lowest BCUT2D eigenvalue weighted by Crippen LogP contribution is -2.41. The van der Waals surface area contributed by atoms with Crippen LogP contribution in [0.15, 0.2) is 17.2 Å². The Morgan fingerprint density at radius 2 is 2.10 bits per heavy atom. The highest BCUT2D eigenvalue weighted by molar-refractivity contribution is 5.31. The average Bonchev–Trinajstić information content (AvgIpc) is 3.31. The van der Waals surface area contributed by atoms with Crippen molar-refractivity contribution in [3.63, 3.8) is 0 Å². The number of likely N-dealkylation sites (tertiary alicyclic amines) is 1. The average molecular weight is 276 g/mol. The smallest absolute Gasteiger partial charge is 0.293 e. The maximum absolute atomic E-state index is 12.3. The van der Waals surface area contributed by atoms with Crippen LogP contribution in [0.5, 0.6) is 0 Å². The summed E-state index contributed by atoms with van der Waals surface area (Å²) in [5, 5.41) is 3.25. The molecule has 110 valence electrons. The van der Waals surface area contributed by atoms with E-state index in [0.29, 0.717) is 17.9 Å². The summed E-state index contributed by atoms with van der Waals surface area (Å²) in [4.78, 5) is 19.0. The van der Waals surface area contributed by atoms with E-state index in [1.807, 2.05) is 4.57 Å². The highest BCUT2D eigenvalue weighted by atomic mass is 16.1. The lowest BCUT2D eigenvalue weighted by atomic mass is 10.1. The summed E-state index contributed by atoms with van der Waals surface area (Å²) in [5.41, 5.74) is 0.0286. The molecule has 2 aliphatic rings. The molecule has 0 radical (unpaired) electrons. The molecule has 1 aromatic heterocycles. The highest BCUT2D eigenvalue weighted by Crippen LogP contribution is 2.33. The molecule has 2 heterocycles. The minimum atomic E-state index is 0.0286. The molecule has 0 bridgehead atoms. The quantitative estimate of drug-likeness (QED) is 0.892. The molecule has 1 atom stereocenters. The number of rotatable bonds is 5. The SMILES string of the molecule is CC(CNc1nccn(C2CC2)c1=O)N1CCCCC1. The Labute approximate surface area is 120 Å². The Morgan fingerprint density at radius 3 is 2.80 bits per heavy atom. The summed E-state index contributed by atoms with van der Waals surface area (Å²) in [5.74, 6) is 0.503. The Hall–Kier alpha value is -1.36. The second-order valence-electron chi connectivity index (χ2n) is 6.05. The van der Waals surface area contributed by atoms with Gasteiger partial charge in [-0.15, -0.1) is 0 Å². The zero-order valence-corrected chi connectivity index (χ0v) is 12.2. The predicted octanol–water partition coefficient (Wildman–Crippen LogP) is 1.86. The Morgan fingerprint density at radius 1 is 1.35 bits per heavy atom. The summed E-state index contributed by atoms with van der Waals surface area (Å²) < 4.78 is 1.82. The summed E-state index contributed by atoms with van der Waals surface area (Å²) in [6.07, 6.45) is 9.71. The van der Waals surface area contributed by atoms with Crippen LogP contribution in [0.2, 0.25) is 0 Å². The van der Waals surface area contributed by atoms with Crippen molar-refractivity contribution in [3.8, 4) is 0 Å². The Balaban J connectivity index is 1.60. The lowest BCUT2D eigenvalue weighted by molar-refractivity contribution is 0.180. The number of nitrogens with one attached hydrogen (secondary N) is 1. The molecule has 2 fully saturated rings. The van der Waals surface area contributed by atoms with Crippen LogP contribution in [0.25, 0.3) is 0 Å². The maximum atomic E-state index is 12.3. The van der Waals surface area contributed by atoms with E-state index in [1.165, 1.54) is 32.4 Å². The molecule has 0 spiro atoms. The molecule has 1 aliphatic carbocycles. The van der Waals surface area contributed by atoms with Gasteiger partial charge in [0.2, 0.25) is 0 Å². The highest BCUT2D eigenvalue weighted by Gasteiger charge is 2.25. The zero-order chi connectivity index (χ0) is 13.9. The van der Waals surface area contributed by atoms with E-state index < -0.39 is 0 Å². The third kappa shape index (κ3) is 3.03. The Kier molecular flexibility index (Phi) is 4.05. The van der Waals surface area contributed by atoms with Crippen LogP contribution in [0.4, 0.5) is 5.82 Å². The van der Waals surface area contributed by atoms with Gasteiger partial charge in [0, 0.05) is 31.0 Å². The Bertz CT molecular complexity index is 503. The van der Waals surface area contributed by atoms with Gasteiger partial charge in [-0.05, 0) is 45.7 Å². The van der Waals surface area contributed by atoms with Crippen molar-refractivity contribution in [2.24, 2.45) is 0 Å². The molecule has 1 aliphatic heterocycles. The second kappa shape index (κ2) is 5.95. The topological polar surface area (TPSA) is 50.2 Å². The molecule has 1 unspecified atom stereocenters. The monoisotopic (exact) mass is 276 g/mol. The van der Waals surface area contributed by atoms with Gasteiger partial charge in [-0.25, -0.2) is 4.98 Å². The van der Waals surface area contributed by atoms with Crippen molar-refractivity contribution < 1.29 is 0 Å². The standard InChI is InChI=1S/C15H24N4O/c1-12(18-8-3-2-4-9-18)11-17-14-15(20)19(10-7-16-14)13-5-6-13/h7,10,12-13H,2-6,8-9,11H2,1H3,(H,16,17). The van der Waals surface area contributed by atoms with Crippen molar-refractivity contribution in [2.75, 3.05) is 25.0 Å². The normalized spacial score (nSPS) is 21.6. The fourth-order valence-corrected chi connectivity index (χ4v) is 2.92. The van der Waals surface area contributed by atoms with Gasteiger partial charge in [-0.1, -0.05) is 6.42 Å². The van der Waals surface area contributed by atoms with Crippen LogP contribution in [0.3, 0.4) is 0 Å². The van der Waals surface area contributed by atoms with Gasteiger partial charge in [0.1, 0.15) is 0 Å². The first-order chi connectivity index (χ1) is 9.75. The molecular formula is C15H24N4O. The molecule has 3 rings (SSSR count). The van der Waals surface area contributed by atoms with Crippen LogP contribution in [-0.4, -0.2) is 40.1 Å². The number of hydrogen-bond acceptors (Lipinski definition) is 4. The zero-order valence-electron chi connectivity index (χ0n) is 12.2. The minimum Gasteiger partial charge on any atom is -0.364 e. The van der Waals surface area contributed by atoms with Crippen LogP contribution in [0.1, 0.15) is 45.1 Å². The molecule has 1 aromatic rings. The fraction of sp³-hybridized carbons (Fsp3) is 0.733. The van der Waals surface area contributed by atoms with Crippen LogP contribution in [0, 0.1) is 0 Å². The molecule has 0 aromatic carbocycles. The first-order valence-electron chi connectivity index (χ1n) is 7.81. The van der Waals surface area contributed by atoms with E-state index in [-0.39, 0.29) is 5.56 Å². The number of aromatic nitrogens is 2. The van der Waals surface area contributed by atoms with Crippen LogP contribution in [-0.2, 0) is 0 Å². The van der Waals surface area contributed by atoms with E-state index in [1.54, 1.807) is 12.4 Å². The summed E-state index contributed by atoms with van der Waals surface area (Å²) in [7, 11) is 0. The number of anilines is 1. The van der Waals surface area contributed by atoms with Crippen molar-refractivity contribution in [3.05, 3.63) is 22.7 Å². The molecule has 0 amide bonds. The largest absolute Gasteiger partial charge is 0.364 e. The predicted molar refractivity (Wildman–Crippen MR) is 80.1 cm³/mol. The molecule has 5 heteroatoms. The van der Waals surface area contributed by atoms with Gasteiger partial charge in [0.05, 0.1) is 0 Å². The van der Waals surface area contributed by atoms with Crippen molar-refractivity contribution >= 4 is 5.82 Å². The molecule has 1 saturated heterocycles. The molecule has 5 nitrogen and oxygen atoms in total.